The molecule has 0 unspecified atom stereocenters. The van der Waals surface area contributed by atoms with Gasteiger partial charge >= 0.3 is 342 Å². The van der Waals surface area contributed by atoms with Crippen molar-refractivity contribution in [2.45, 2.75) is 91.5 Å². The summed E-state index contributed by atoms with van der Waals surface area (Å²) in [6.07, 6.45) is 0. The van der Waals surface area contributed by atoms with Crippen LogP contribution in [-0.2, 0) is 10.8 Å². The number of benzene rings is 6. The van der Waals surface area contributed by atoms with E-state index < -0.39 is 0 Å². The van der Waals surface area contributed by atoms with E-state index in [4.69, 9.17) is 9.47 Å². The molecule has 272 valence electrons. The summed E-state index contributed by atoms with van der Waals surface area (Å²) < 4.78 is 14.4. The van der Waals surface area contributed by atoms with E-state index in [-0.39, 0.29) is 25.8 Å². The van der Waals surface area contributed by atoms with Crippen molar-refractivity contribution >= 4 is 70.9 Å². The summed E-state index contributed by atoms with van der Waals surface area (Å²) >= 11 is 7.36. The van der Waals surface area contributed by atoms with Crippen LogP contribution in [0.2, 0.25) is 0 Å². The van der Waals surface area contributed by atoms with Crippen molar-refractivity contribution < 1.29 is 9.47 Å². The van der Waals surface area contributed by atoms with Crippen LogP contribution in [0, 0.1) is 0 Å². The molecule has 6 rings (SSSR count). The van der Waals surface area contributed by atoms with Crippen molar-refractivity contribution in [3.8, 4) is 11.5 Å². The molecule has 53 heavy (non-hydrogen) atoms. The molecule has 6 aromatic rings. The Morgan fingerprint density at radius 2 is 0.679 bits per heavy atom. The van der Waals surface area contributed by atoms with Gasteiger partial charge in [-0.2, -0.15) is 0 Å². The summed E-state index contributed by atoms with van der Waals surface area (Å²) in [4.78, 5) is 9.77. The maximum atomic E-state index is 5.81. The summed E-state index contributed by atoms with van der Waals surface area (Å²) in [6, 6.07) is 48.4. The van der Waals surface area contributed by atoms with E-state index in [1.54, 1.807) is 37.7 Å². The SMILES string of the molecule is COc1ccc(C(C)(C)C)cc1Sc1ccccc1Sc1ccccc1[Se]c1ccccc1Sc1ccccc1Sc1cc(C(C)(C)C)ccc1OC. The van der Waals surface area contributed by atoms with Crippen LogP contribution in [0.5, 0.6) is 11.5 Å². The molecule has 0 radical (unpaired) electrons. The predicted octanol–water partition coefficient (Wildman–Crippen LogP) is 12.6. The first kappa shape index (κ1) is 39.5. The molecule has 6 aromatic carbocycles. The molecule has 0 aliphatic carbocycles. The van der Waals surface area contributed by atoms with Gasteiger partial charge in [-0.3, -0.25) is 0 Å². The standard InChI is InChI=1S/C46H46O2S4Se/c1-45(2,3)31-25-27-33(47-7)41(29-31)51-37-19-11-9-17-35(37)49-39-21-13-15-23-43(39)53-44-24-16-14-22-40(44)50-36-18-10-12-20-38(36)52-42-30-32(46(4,5)6)26-28-34(42)48-8/h9-30H,1-8H3. The Kier molecular flexibility index (Phi) is 13.1. The minimum absolute atomic E-state index is 0.0535. The van der Waals surface area contributed by atoms with E-state index in [2.05, 4.69) is 175 Å². The van der Waals surface area contributed by atoms with Crippen LogP contribution in [-0.4, -0.2) is 29.2 Å². The fourth-order valence-corrected chi connectivity index (χ4v) is 12.5. The number of hydrogen-bond acceptors (Lipinski definition) is 6. The van der Waals surface area contributed by atoms with Gasteiger partial charge in [0.15, 0.2) is 0 Å². The summed E-state index contributed by atoms with van der Waals surface area (Å²) in [6.45, 7) is 13.5. The van der Waals surface area contributed by atoms with Gasteiger partial charge in [-0.1, -0.05) is 0 Å². The zero-order valence-corrected chi connectivity index (χ0v) is 36.5. The van der Waals surface area contributed by atoms with Crippen LogP contribution in [0.1, 0.15) is 52.7 Å². The third kappa shape index (κ3) is 10.1. The zero-order valence-electron chi connectivity index (χ0n) is 31.6. The van der Waals surface area contributed by atoms with Crippen LogP contribution >= 0.6 is 47.0 Å². The molecule has 0 aromatic heterocycles. The van der Waals surface area contributed by atoms with Gasteiger partial charge in [0.25, 0.3) is 0 Å². The number of rotatable bonds is 12. The summed E-state index contributed by atoms with van der Waals surface area (Å²) in [5.41, 5.74) is 2.70. The molecule has 0 spiro atoms. The van der Waals surface area contributed by atoms with Gasteiger partial charge in [-0.05, 0) is 0 Å². The van der Waals surface area contributed by atoms with Gasteiger partial charge in [-0.15, -0.1) is 0 Å². The van der Waals surface area contributed by atoms with E-state index in [9.17, 15) is 0 Å². The maximum absolute atomic E-state index is 5.81. The molecular formula is C46H46O2S4Se. The Hall–Kier alpha value is -3.16. The van der Waals surface area contributed by atoms with Crippen molar-refractivity contribution in [1.29, 1.82) is 0 Å². The van der Waals surface area contributed by atoms with E-state index in [0.29, 0.717) is 0 Å². The molecule has 0 atom stereocenters. The Morgan fingerprint density at radius 3 is 1.00 bits per heavy atom. The van der Waals surface area contributed by atoms with Gasteiger partial charge in [0.1, 0.15) is 0 Å². The van der Waals surface area contributed by atoms with Crippen molar-refractivity contribution in [1.82, 2.24) is 0 Å². The normalized spacial score (nSPS) is 11.8. The van der Waals surface area contributed by atoms with Crippen molar-refractivity contribution in [2.24, 2.45) is 0 Å². The van der Waals surface area contributed by atoms with Gasteiger partial charge < -0.3 is 0 Å². The molecular weight excluding hydrogens is 792 g/mol. The minimum atomic E-state index is 0.0535. The molecule has 0 aliphatic rings. The Labute approximate surface area is 339 Å². The fraction of sp³-hybridized carbons (Fsp3) is 0.217. The molecule has 0 saturated carbocycles. The third-order valence-corrected chi connectivity index (χ3v) is 16.3. The van der Waals surface area contributed by atoms with Crippen LogP contribution < -0.4 is 18.4 Å². The zero-order chi connectivity index (χ0) is 37.6. The van der Waals surface area contributed by atoms with Gasteiger partial charge in [0.05, 0.1) is 0 Å². The topological polar surface area (TPSA) is 18.5 Å². The molecule has 7 heteroatoms. The van der Waals surface area contributed by atoms with E-state index in [1.165, 1.54) is 49.4 Å². The van der Waals surface area contributed by atoms with Crippen molar-refractivity contribution in [3.05, 3.63) is 145 Å². The quantitative estimate of drug-likeness (QED) is 0.114. The van der Waals surface area contributed by atoms with Gasteiger partial charge in [0, 0.05) is 0 Å². The van der Waals surface area contributed by atoms with Crippen molar-refractivity contribution in [2.75, 3.05) is 14.2 Å². The summed E-state index contributed by atoms with van der Waals surface area (Å²) in [5.74, 6) is 1.80. The first-order chi connectivity index (χ1) is 25.4. The van der Waals surface area contributed by atoms with E-state index in [0.717, 1.165) is 21.3 Å². The van der Waals surface area contributed by atoms with Gasteiger partial charge in [-0.25, -0.2) is 0 Å². The molecule has 0 amide bonds. The second kappa shape index (κ2) is 17.5. The monoisotopic (exact) mass is 838 g/mol. The molecule has 0 aliphatic heterocycles. The Morgan fingerprint density at radius 1 is 0.377 bits per heavy atom. The second-order valence-corrected chi connectivity index (χ2v) is 21.1. The Balaban J connectivity index is 1.26. The van der Waals surface area contributed by atoms with Crippen LogP contribution in [0.4, 0.5) is 0 Å². The molecule has 0 saturated heterocycles. The molecule has 2 nitrogen and oxygen atoms in total. The first-order valence-corrected chi connectivity index (χ1v) is 22.5. The predicted molar refractivity (Wildman–Crippen MR) is 231 cm³/mol. The number of ether oxygens (including phenoxy) is 2. The summed E-state index contributed by atoms with van der Waals surface area (Å²) in [7, 11) is 3.51. The second-order valence-electron chi connectivity index (χ2n) is 14.5. The molecule has 0 bridgehead atoms. The average molecular weight is 838 g/mol. The summed E-state index contributed by atoms with van der Waals surface area (Å²) in [5, 5.41) is 0. The Bertz CT molecular complexity index is 2030. The average Bonchev–Trinajstić information content (AvgIpc) is 3.14. The van der Waals surface area contributed by atoms with Crippen molar-refractivity contribution in [3.63, 3.8) is 0 Å². The number of hydrogen-bond donors (Lipinski definition) is 0. The van der Waals surface area contributed by atoms with Crippen LogP contribution in [0.15, 0.2) is 173 Å². The molecule has 0 fully saturated rings. The van der Waals surface area contributed by atoms with E-state index in [1.807, 2.05) is 23.5 Å². The first-order valence-electron chi connectivity index (χ1n) is 17.6. The number of methoxy groups -OCH3 is 2. The molecule has 0 heterocycles. The van der Waals surface area contributed by atoms with Crippen LogP contribution in [0.3, 0.4) is 0 Å². The van der Waals surface area contributed by atoms with Crippen LogP contribution in [0.25, 0.3) is 0 Å². The van der Waals surface area contributed by atoms with Gasteiger partial charge in [0.2, 0.25) is 0 Å². The van der Waals surface area contributed by atoms with E-state index >= 15 is 0 Å². The third-order valence-electron chi connectivity index (χ3n) is 8.56. The molecule has 0 N–H and O–H groups in total. The fourth-order valence-electron chi connectivity index (χ4n) is 5.51.